The maximum atomic E-state index is 14.0. The van der Waals surface area contributed by atoms with Crippen LogP contribution in [0.2, 0.25) is 0 Å². The molecule has 224 valence electrons. The van der Waals surface area contributed by atoms with Crippen LogP contribution in [0.3, 0.4) is 0 Å². The molecule has 2 aliphatic rings. The summed E-state index contributed by atoms with van der Waals surface area (Å²) in [5.41, 5.74) is 3.16. The third-order valence-electron chi connectivity index (χ3n) is 7.96. The number of piperazine rings is 1. The second-order valence-corrected chi connectivity index (χ2v) is 13.2. The first kappa shape index (κ1) is 29.7. The minimum Gasteiger partial charge on any atom is -0.444 e. The van der Waals surface area contributed by atoms with Crippen LogP contribution in [0.25, 0.3) is 0 Å². The van der Waals surface area contributed by atoms with Crippen LogP contribution in [0.15, 0.2) is 55.0 Å². The van der Waals surface area contributed by atoms with Crippen molar-refractivity contribution < 1.29 is 18.7 Å². The number of amides is 2. The molecule has 0 saturated carbocycles. The summed E-state index contributed by atoms with van der Waals surface area (Å²) < 4.78 is 21.0. The molecular weight excluding hydrogens is 535 g/mol. The van der Waals surface area contributed by atoms with Gasteiger partial charge >= 0.3 is 6.09 Å². The zero-order valence-electron chi connectivity index (χ0n) is 25.4. The lowest BCUT2D eigenvalue weighted by atomic mass is 9.88. The predicted octanol–water partition coefficient (Wildman–Crippen LogP) is 4.64. The normalized spacial score (nSPS) is 20.5. The molecule has 0 aliphatic carbocycles. The van der Waals surface area contributed by atoms with Gasteiger partial charge in [-0.1, -0.05) is 44.2 Å². The minimum atomic E-state index is -0.630. The number of aromatic nitrogens is 3. The topological polar surface area (TPSA) is 83.8 Å². The van der Waals surface area contributed by atoms with Gasteiger partial charge < -0.3 is 14.5 Å². The summed E-state index contributed by atoms with van der Waals surface area (Å²) in [4.78, 5) is 37.5. The first-order chi connectivity index (χ1) is 19.8. The average molecular weight is 577 g/mol. The van der Waals surface area contributed by atoms with Crippen molar-refractivity contribution in [2.45, 2.75) is 77.6 Å². The lowest BCUT2D eigenvalue weighted by Crippen LogP contribution is -2.62. The first-order valence-electron chi connectivity index (χ1n) is 14.5. The van der Waals surface area contributed by atoms with E-state index in [-0.39, 0.29) is 30.0 Å². The monoisotopic (exact) mass is 576 g/mol. The Bertz CT molecular complexity index is 1430. The van der Waals surface area contributed by atoms with Gasteiger partial charge in [-0.15, -0.1) is 0 Å². The van der Waals surface area contributed by atoms with Crippen molar-refractivity contribution in [1.82, 2.24) is 24.6 Å². The highest BCUT2D eigenvalue weighted by Crippen LogP contribution is 2.40. The molecule has 1 saturated heterocycles. The zero-order valence-corrected chi connectivity index (χ0v) is 25.4. The fraction of sp³-hybridized carbons (Fsp3) is 0.500. The van der Waals surface area contributed by atoms with Gasteiger partial charge in [0.15, 0.2) is 5.82 Å². The number of hydrogen-bond donors (Lipinski definition) is 0. The Balaban J connectivity index is 1.37. The third-order valence-corrected chi connectivity index (χ3v) is 7.96. The average Bonchev–Trinajstić information content (AvgIpc) is 3.44. The lowest BCUT2D eigenvalue weighted by molar-refractivity contribution is -0.121. The molecule has 2 aromatic heterocycles. The number of anilines is 1. The fourth-order valence-electron chi connectivity index (χ4n) is 5.89. The molecule has 2 amide bonds. The van der Waals surface area contributed by atoms with Gasteiger partial charge in [0.2, 0.25) is 5.91 Å². The zero-order chi connectivity index (χ0) is 30.2. The Hall–Kier alpha value is -3.79. The maximum Gasteiger partial charge on any atom is 0.410 e. The molecule has 2 atom stereocenters. The van der Waals surface area contributed by atoms with Crippen LogP contribution >= 0.6 is 0 Å². The van der Waals surface area contributed by atoms with E-state index < -0.39 is 17.5 Å². The Morgan fingerprint density at radius 2 is 1.86 bits per heavy atom. The van der Waals surface area contributed by atoms with Crippen LogP contribution in [0, 0.1) is 5.82 Å². The Kier molecular flexibility index (Phi) is 8.11. The van der Waals surface area contributed by atoms with Gasteiger partial charge in [-0.25, -0.2) is 9.18 Å². The van der Waals surface area contributed by atoms with Gasteiger partial charge in [-0.3, -0.25) is 19.4 Å². The Labute approximate surface area is 247 Å². The number of ether oxygens (including phenoxy) is 1. The van der Waals surface area contributed by atoms with Gasteiger partial charge in [0.25, 0.3) is 0 Å². The van der Waals surface area contributed by atoms with E-state index in [1.54, 1.807) is 4.90 Å². The molecule has 5 rings (SSSR count). The molecule has 0 N–H and O–H groups in total. The number of carbonyl (C=O) groups is 2. The van der Waals surface area contributed by atoms with Gasteiger partial charge in [0.05, 0.1) is 31.2 Å². The van der Waals surface area contributed by atoms with Crippen LogP contribution in [-0.4, -0.2) is 80.4 Å². The van der Waals surface area contributed by atoms with E-state index in [0.717, 1.165) is 28.7 Å². The van der Waals surface area contributed by atoms with Crippen LogP contribution in [0.1, 0.15) is 58.4 Å². The van der Waals surface area contributed by atoms with Crippen LogP contribution in [0.5, 0.6) is 0 Å². The van der Waals surface area contributed by atoms with E-state index in [2.05, 4.69) is 36.0 Å². The van der Waals surface area contributed by atoms with Crippen molar-refractivity contribution in [3.63, 3.8) is 0 Å². The summed E-state index contributed by atoms with van der Waals surface area (Å²) in [5, 5.41) is 4.12. The third kappa shape index (κ3) is 6.64. The highest BCUT2D eigenvalue weighted by atomic mass is 19.1. The Morgan fingerprint density at radius 3 is 2.52 bits per heavy atom. The molecule has 0 radical (unpaired) electrons. The number of nitrogens with zero attached hydrogens (tertiary/aromatic N) is 6. The second kappa shape index (κ2) is 11.5. The quantitative estimate of drug-likeness (QED) is 0.425. The highest BCUT2D eigenvalue weighted by Gasteiger charge is 2.41. The molecule has 2 aliphatic heterocycles. The number of fused-ring (bicyclic) bond motifs is 1. The van der Waals surface area contributed by atoms with E-state index in [1.165, 1.54) is 10.9 Å². The number of halogens is 1. The van der Waals surface area contributed by atoms with Crippen molar-refractivity contribution in [2.24, 2.45) is 0 Å². The van der Waals surface area contributed by atoms with Crippen molar-refractivity contribution in [3.05, 3.63) is 77.6 Å². The first-order valence-corrected chi connectivity index (χ1v) is 14.5. The molecule has 4 heterocycles. The summed E-state index contributed by atoms with van der Waals surface area (Å²) in [6.45, 7) is 13.6. The number of pyridine rings is 1. The standard InChI is InChI=1S/C32H41FN6O3/c1-22-16-36(26(18-37-17-24(33)14-35-37)19-38(22)30(41)42-31(2,3)4)20-29(40)39-21-32(5,6)27-15-34-25(13-28(27)39)12-23-10-8-7-9-11-23/h7-11,13-15,17,22,26H,12,16,18-21H2,1-6H3/t22-,26+/m1/s1. The molecule has 0 unspecified atom stereocenters. The number of hydrogen-bond acceptors (Lipinski definition) is 6. The van der Waals surface area contributed by atoms with E-state index >= 15 is 0 Å². The Morgan fingerprint density at radius 1 is 1.12 bits per heavy atom. The fourth-order valence-corrected chi connectivity index (χ4v) is 5.89. The second-order valence-electron chi connectivity index (χ2n) is 13.2. The number of carbonyl (C=O) groups excluding carboxylic acids is 2. The van der Waals surface area contributed by atoms with E-state index in [1.807, 2.05) is 63.1 Å². The molecule has 10 heteroatoms. The predicted molar refractivity (Wildman–Crippen MR) is 159 cm³/mol. The molecule has 9 nitrogen and oxygen atoms in total. The van der Waals surface area contributed by atoms with Gasteiger partial charge in [-0.2, -0.15) is 5.10 Å². The van der Waals surface area contributed by atoms with Crippen molar-refractivity contribution in [2.75, 3.05) is 31.1 Å². The van der Waals surface area contributed by atoms with Crippen LogP contribution in [-0.2, 0) is 27.9 Å². The van der Waals surface area contributed by atoms with Crippen molar-refractivity contribution in [1.29, 1.82) is 0 Å². The van der Waals surface area contributed by atoms with E-state index in [0.29, 0.717) is 32.6 Å². The highest BCUT2D eigenvalue weighted by molar-refractivity contribution is 5.97. The maximum absolute atomic E-state index is 14.0. The van der Waals surface area contributed by atoms with E-state index in [9.17, 15) is 14.0 Å². The molecule has 1 aromatic carbocycles. The number of rotatable bonds is 6. The molecule has 42 heavy (non-hydrogen) atoms. The summed E-state index contributed by atoms with van der Waals surface area (Å²) >= 11 is 0. The minimum absolute atomic E-state index is 0.0201. The summed E-state index contributed by atoms with van der Waals surface area (Å²) in [6, 6.07) is 11.8. The summed E-state index contributed by atoms with van der Waals surface area (Å²) in [5.74, 6) is -0.449. The summed E-state index contributed by atoms with van der Waals surface area (Å²) in [7, 11) is 0. The van der Waals surface area contributed by atoms with Gasteiger partial charge in [0.1, 0.15) is 5.60 Å². The van der Waals surface area contributed by atoms with Gasteiger partial charge in [0, 0.05) is 61.0 Å². The van der Waals surface area contributed by atoms with Crippen LogP contribution < -0.4 is 4.90 Å². The SMILES string of the molecule is C[C@@H]1CN(CC(=O)N2CC(C)(C)c3cnc(Cc4ccccc4)cc32)[C@@H](Cn2cc(F)cn2)CN1C(=O)OC(C)(C)C. The summed E-state index contributed by atoms with van der Waals surface area (Å²) in [6.07, 6.45) is 4.69. The van der Waals surface area contributed by atoms with Gasteiger partial charge in [-0.05, 0) is 39.3 Å². The van der Waals surface area contributed by atoms with Crippen LogP contribution in [0.4, 0.5) is 14.9 Å². The number of benzene rings is 1. The molecule has 1 fully saturated rings. The van der Waals surface area contributed by atoms with Crippen molar-refractivity contribution >= 4 is 17.7 Å². The van der Waals surface area contributed by atoms with E-state index in [4.69, 9.17) is 9.72 Å². The lowest BCUT2D eigenvalue weighted by Gasteiger charge is -2.45. The smallest absolute Gasteiger partial charge is 0.410 e. The molecule has 0 spiro atoms. The molecule has 0 bridgehead atoms. The van der Waals surface area contributed by atoms with Crippen molar-refractivity contribution in [3.8, 4) is 0 Å². The molecular formula is C32H41FN6O3. The largest absolute Gasteiger partial charge is 0.444 e. The molecule has 3 aromatic rings.